The molecule has 0 atom stereocenters. The van der Waals surface area contributed by atoms with Crippen LogP contribution in [-0.2, 0) is 0 Å². The quantitative estimate of drug-likeness (QED) is 0.499. The second-order valence-corrected chi connectivity index (χ2v) is 3.77. The lowest BCUT2D eigenvalue weighted by Crippen LogP contribution is -1.85. The van der Waals surface area contributed by atoms with Crippen LogP contribution in [0, 0.1) is 0 Å². The minimum atomic E-state index is 1.32. The van der Waals surface area contributed by atoms with E-state index in [1.807, 2.05) is 13.8 Å². The summed E-state index contributed by atoms with van der Waals surface area (Å²) in [6, 6.07) is 0. The van der Waals surface area contributed by atoms with E-state index >= 15 is 0 Å². The van der Waals surface area contributed by atoms with Crippen LogP contribution in [0.2, 0.25) is 0 Å². The fraction of sp³-hybridized carbons (Fsp3) is 1.00. The summed E-state index contributed by atoms with van der Waals surface area (Å²) in [5.74, 6) is 0. The molecule has 0 nitrogen and oxygen atoms in total. The second-order valence-electron chi connectivity index (χ2n) is 3.77. The summed E-state index contributed by atoms with van der Waals surface area (Å²) in [5, 5.41) is 0. The minimum Gasteiger partial charge on any atom is -0.0683 e. The average Bonchev–Trinajstić information content (AvgIpc) is 2.20. The van der Waals surface area contributed by atoms with E-state index in [-0.39, 0.29) is 0 Å². The Morgan fingerprint density at radius 1 is 0.533 bits per heavy atom. The molecule has 1 aliphatic carbocycles. The molecule has 1 fully saturated rings. The summed E-state index contributed by atoms with van der Waals surface area (Å²) in [6.45, 7) is 12.8. The van der Waals surface area contributed by atoms with Crippen molar-refractivity contribution in [3.63, 3.8) is 0 Å². The zero-order valence-corrected chi connectivity index (χ0v) is 12.4. The van der Waals surface area contributed by atoms with Crippen molar-refractivity contribution in [2.24, 2.45) is 0 Å². The Labute approximate surface area is 99.9 Å². The topological polar surface area (TPSA) is 0 Å². The Kier molecular flexibility index (Phi) is 39.8. The van der Waals surface area contributed by atoms with Gasteiger partial charge in [0.05, 0.1) is 0 Å². The van der Waals surface area contributed by atoms with Gasteiger partial charge in [0.25, 0.3) is 0 Å². The standard InChI is InChI=1S/C5H12.C4H8.C4H10.C2H6/c1-3-5-4-2;1-2-4-3-1;1-3-4-2;1-2/h3-5H2,1-2H3;1-4H2;3-4H2,1-2H3;1-2H3. The van der Waals surface area contributed by atoms with Gasteiger partial charge in [-0.25, -0.2) is 0 Å². The largest absolute Gasteiger partial charge is 0.0683 e. The third-order valence-corrected chi connectivity index (χ3v) is 2.21. The first-order valence-electron chi connectivity index (χ1n) is 7.33. The number of hydrogen-bond donors (Lipinski definition) is 0. The van der Waals surface area contributed by atoms with Gasteiger partial charge in [-0.05, 0) is 0 Å². The van der Waals surface area contributed by atoms with Crippen LogP contribution >= 0.6 is 0 Å². The summed E-state index contributed by atoms with van der Waals surface area (Å²) in [6.07, 6.45) is 12.7. The molecule has 0 aromatic carbocycles. The van der Waals surface area contributed by atoms with Crippen LogP contribution in [0.25, 0.3) is 0 Å². The normalized spacial score (nSPS) is 11.6. The molecular weight excluding hydrogens is 180 g/mol. The highest BCUT2D eigenvalue weighted by Gasteiger charge is 1.95. The zero-order chi connectivity index (χ0) is 12.4. The number of rotatable bonds is 3. The van der Waals surface area contributed by atoms with Gasteiger partial charge in [0, 0.05) is 0 Å². The van der Waals surface area contributed by atoms with E-state index in [1.165, 1.54) is 57.8 Å². The van der Waals surface area contributed by atoms with Crippen LogP contribution in [0.4, 0.5) is 0 Å². The van der Waals surface area contributed by atoms with Crippen molar-refractivity contribution in [3.05, 3.63) is 0 Å². The molecule has 0 radical (unpaired) electrons. The molecule has 0 heteroatoms. The monoisotopic (exact) mass is 216 g/mol. The smallest absolute Gasteiger partial charge is 0.0533 e. The van der Waals surface area contributed by atoms with Gasteiger partial charge in [-0.3, -0.25) is 0 Å². The van der Waals surface area contributed by atoms with Crippen molar-refractivity contribution in [1.29, 1.82) is 0 Å². The minimum absolute atomic E-state index is 1.32. The van der Waals surface area contributed by atoms with Gasteiger partial charge in [0.15, 0.2) is 0 Å². The summed E-state index contributed by atoms with van der Waals surface area (Å²) in [5.41, 5.74) is 0. The Hall–Kier alpha value is 0. The van der Waals surface area contributed by atoms with E-state index in [9.17, 15) is 0 Å². The lowest BCUT2D eigenvalue weighted by Gasteiger charge is -2.05. The maximum Gasteiger partial charge on any atom is -0.0533 e. The Balaban J connectivity index is -0.000000134. The SMILES string of the molecule is C1CCC1.CC.CCCC.CCCCC. The molecule has 96 valence electrons. The molecule has 0 heterocycles. The van der Waals surface area contributed by atoms with Crippen molar-refractivity contribution < 1.29 is 0 Å². The Bertz CT molecular complexity index is 45.1. The lowest BCUT2D eigenvalue weighted by molar-refractivity contribution is 0.504. The van der Waals surface area contributed by atoms with Crippen molar-refractivity contribution in [2.45, 2.75) is 99.3 Å². The molecule has 1 rings (SSSR count). The molecule has 0 aromatic rings. The van der Waals surface area contributed by atoms with E-state index in [0.29, 0.717) is 0 Å². The van der Waals surface area contributed by atoms with E-state index in [4.69, 9.17) is 0 Å². The van der Waals surface area contributed by atoms with Crippen LogP contribution in [0.3, 0.4) is 0 Å². The van der Waals surface area contributed by atoms with E-state index in [2.05, 4.69) is 27.7 Å². The molecule has 1 aliphatic rings. The molecule has 0 aromatic heterocycles. The van der Waals surface area contributed by atoms with Crippen molar-refractivity contribution in [1.82, 2.24) is 0 Å². The van der Waals surface area contributed by atoms with E-state index < -0.39 is 0 Å². The van der Waals surface area contributed by atoms with Gasteiger partial charge < -0.3 is 0 Å². The summed E-state index contributed by atoms with van der Waals surface area (Å²) >= 11 is 0. The van der Waals surface area contributed by atoms with Crippen LogP contribution in [0.5, 0.6) is 0 Å². The summed E-state index contributed by atoms with van der Waals surface area (Å²) in [7, 11) is 0. The average molecular weight is 216 g/mol. The maximum atomic E-state index is 2.21. The predicted octanol–water partition coefficient (Wildman–Crippen LogP) is 6.59. The highest BCUT2D eigenvalue weighted by Crippen LogP contribution is 2.15. The van der Waals surface area contributed by atoms with Gasteiger partial charge in [0.1, 0.15) is 0 Å². The molecule has 0 unspecified atom stereocenters. The fourth-order valence-corrected chi connectivity index (χ4v) is 0.604. The Morgan fingerprint density at radius 2 is 0.800 bits per heavy atom. The zero-order valence-electron chi connectivity index (χ0n) is 12.4. The van der Waals surface area contributed by atoms with Crippen molar-refractivity contribution in [3.8, 4) is 0 Å². The van der Waals surface area contributed by atoms with Gasteiger partial charge in [0.2, 0.25) is 0 Å². The molecule has 0 spiro atoms. The van der Waals surface area contributed by atoms with Crippen LogP contribution in [0.15, 0.2) is 0 Å². The second kappa shape index (κ2) is 29.2. The predicted molar refractivity (Wildman–Crippen MR) is 75.6 cm³/mol. The third-order valence-electron chi connectivity index (χ3n) is 2.21. The van der Waals surface area contributed by atoms with Crippen molar-refractivity contribution >= 4 is 0 Å². The molecule has 0 N–H and O–H groups in total. The van der Waals surface area contributed by atoms with Gasteiger partial charge in [-0.15, -0.1) is 0 Å². The lowest BCUT2D eigenvalue weighted by atomic mass is 10.0. The molecule has 0 saturated heterocycles. The highest BCUT2D eigenvalue weighted by molar-refractivity contribution is 4.50. The number of hydrogen-bond acceptors (Lipinski definition) is 0. The first-order chi connectivity index (χ1) is 7.33. The fourth-order valence-electron chi connectivity index (χ4n) is 0.604. The van der Waals surface area contributed by atoms with Gasteiger partial charge >= 0.3 is 0 Å². The summed E-state index contributed by atoms with van der Waals surface area (Å²) in [4.78, 5) is 0. The molecule has 0 amide bonds. The first-order valence-corrected chi connectivity index (χ1v) is 7.33. The van der Waals surface area contributed by atoms with Crippen LogP contribution in [0.1, 0.15) is 99.3 Å². The Morgan fingerprint density at radius 3 is 0.800 bits per heavy atom. The van der Waals surface area contributed by atoms with E-state index in [1.54, 1.807) is 0 Å². The van der Waals surface area contributed by atoms with Crippen LogP contribution in [-0.4, -0.2) is 0 Å². The van der Waals surface area contributed by atoms with Crippen molar-refractivity contribution in [2.75, 3.05) is 0 Å². The maximum absolute atomic E-state index is 2.21. The highest BCUT2D eigenvalue weighted by atomic mass is 14.0. The summed E-state index contributed by atoms with van der Waals surface area (Å²) < 4.78 is 0. The van der Waals surface area contributed by atoms with E-state index in [0.717, 1.165) is 0 Å². The molecular formula is C15H36. The number of unbranched alkanes of at least 4 members (excludes halogenated alkanes) is 3. The molecule has 1 saturated carbocycles. The van der Waals surface area contributed by atoms with Gasteiger partial charge in [-0.1, -0.05) is 99.3 Å². The molecule has 0 aliphatic heterocycles. The van der Waals surface area contributed by atoms with Crippen LogP contribution < -0.4 is 0 Å². The molecule has 15 heavy (non-hydrogen) atoms. The first kappa shape index (κ1) is 20.4. The van der Waals surface area contributed by atoms with Gasteiger partial charge in [-0.2, -0.15) is 0 Å². The third kappa shape index (κ3) is 41.1. The molecule has 0 bridgehead atoms.